The Labute approximate surface area is 861 Å². The van der Waals surface area contributed by atoms with Crippen molar-refractivity contribution in [1.82, 2.24) is 14.7 Å². The lowest BCUT2D eigenvalue weighted by Crippen LogP contribution is -2.50. The van der Waals surface area contributed by atoms with Gasteiger partial charge in [-0.2, -0.15) is 0 Å². The summed E-state index contributed by atoms with van der Waals surface area (Å²) in [4.78, 5) is 135. The zero-order chi connectivity index (χ0) is 103. The number of aliphatic carboxylic acids is 5. The first-order valence-corrected chi connectivity index (χ1v) is 59.3. The van der Waals surface area contributed by atoms with Gasteiger partial charge in [0.2, 0.25) is 0 Å². The minimum Gasteiger partial charge on any atom is -0.480 e. The van der Waals surface area contributed by atoms with Gasteiger partial charge in [-0.3, -0.25) is 57.9 Å². The highest BCUT2D eigenvalue weighted by Crippen LogP contribution is 2.32. The molecule has 0 aromatic heterocycles. The molecule has 0 amide bonds. The van der Waals surface area contributed by atoms with Crippen LogP contribution in [0.15, 0.2) is 0 Å². The number of ether oxygens (including phenoxy) is 6. The predicted octanol–water partition coefficient (Wildman–Crippen LogP) is 31.0. The molecule has 5 N–H and O–H groups in total. The summed E-state index contributed by atoms with van der Waals surface area (Å²) in [5.41, 5.74) is -1.43. The number of carbonyl (C=O) groups excluding carboxylic acids is 5. The smallest absolute Gasteiger partial charge is 0.480 e. The maximum atomic E-state index is 15.2. The lowest BCUT2D eigenvalue weighted by Gasteiger charge is -2.33. The molecule has 1 atom stereocenters. The Balaban J connectivity index is 6.86. The monoisotopic (exact) mass is 2000 g/mol. The largest absolute Gasteiger partial charge is 0.508 e. The number of hydrogen-bond donors (Lipinski definition) is 5. The van der Waals surface area contributed by atoms with E-state index in [4.69, 9.17) is 28.4 Å². The van der Waals surface area contributed by atoms with Gasteiger partial charge in [0.15, 0.2) is 0 Å². The van der Waals surface area contributed by atoms with Crippen LogP contribution in [0.3, 0.4) is 0 Å². The molecule has 0 saturated carbocycles. The van der Waals surface area contributed by atoms with Gasteiger partial charge in [-0.25, -0.2) is 4.79 Å². The third-order valence-electron chi connectivity index (χ3n) is 28.7. The molecule has 1 unspecified atom stereocenters. The van der Waals surface area contributed by atoms with E-state index in [2.05, 4.69) is 41.5 Å². The first-order chi connectivity index (χ1) is 68.6. The van der Waals surface area contributed by atoms with Crippen LogP contribution in [-0.2, 0) is 71.6 Å². The molecule has 141 heavy (non-hydrogen) atoms. The molecule has 0 radical (unpaired) electrons. The van der Waals surface area contributed by atoms with Gasteiger partial charge in [0.25, 0.3) is 0 Å². The van der Waals surface area contributed by atoms with Crippen molar-refractivity contribution in [3.8, 4) is 0 Å². The maximum absolute atomic E-state index is 15.2. The van der Waals surface area contributed by atoms with E-state index < -0.39 is 86.0 Å². The Morgan fingerprint density at radius 3 is 0.603 bits per heavy atom. The van der Waals surface area contributed by atoms with Gasteiger partial charge in [0, 0.05) is 26.2 Å². The molecule has 0 bridgehead atoms. The zero-order valence-electron chi connectivity index (χ0n) is 91.8. The summed E-state index contributed by atoms with van der Waals surface area (Å²) in [7, 11) is 0. The Morgan fingerprint density at radius 1 is 0.220 bits per heavy atom. The summed E-state index contributed by atoms with van der Waals surface area (Å²) >= 11 is 0. The van der Waals surface area contributed by atoms with Gasteiger partial charge in [-0.05, 0) is 51.4 Å². The summed E-state index contributed by atoms with van der Waals surface area (Å²) in [6.45, 7) is 9.07. The van der Waals surface area contributed by atoms with Crippen LogP contribution in [0.25, 0.3) is 0 Å². The fourth-order valence-electron chi connectivity index (χ4n) is 19.5. The van der Waals surface area contributed by atoms with Crippen molar-refractivity contribution < 1.29 is 102 Å². The normalized spacial score (nSPS) is 12.0. The van der Waals surface area contributed by atoms with Gasteiger partial charge < -0.3 is 54.0 Å². The van der Waals surface area contributed by atoms with Crippen LogP contribution >= 0.6 is 0 Å². The van der Waals surface area contributed by atoms with Gasteiger partial charge in [-0.1, -0.05) is 510 Å². The first-order valence-electron chi connectivity index (χ1n) is 59.3. The van der Waals surface area contributed by atoms with Crippen molar-refractivity contribution in [1.29, 1.82) is 0 Å². The Morgan fingerprint density at radius 2 is 0.404 bits per heavy atom. The third-order valence-corrected chi connectivity index (χ3v) is 28.7. The molecule has 0 saturated heterocycles. The lowest BCUT2D eigenvalue weighted by atomic mass is 9.90. The Bertz CT molecular complexity index is 2610. The Hall–Kier alpha value is -5.62. The van der Waals surface area contributed by atoms with Crippen molar-refractivity contribution >= 4 is 59.9 Å². The van der Waals surface area contributed by atoms with Crippen LogP contribution in [0.5, 0.6) is 0 Å². The molecule has 0 spiro atoms. The van der Waals surface area contributed by atoms with Crippen LogP contribution in [0.1, 0.15) is 568 Å². The first kappa shape index (κ1) is 135. The molecule has 0 rings (SSSR count). The SMILES string of the molecule is CCCCCCCCCCCCC(CCCCCCCCCCCC)C(=O)OCC(COC(=O)OCCCCCCCCCCCCCCCCCOC(=O)CC(C(=O)O)N(CCN(CC(=O)O)CC(=O)O)CCN(CC(=O)O)CC(=O)O)(COC(=O)C(CCCCCCCCCCCC)CCCCCCCCCCCC)COC(=O)C(CCCCCCCCCCCC)CCCCCCCCCCCC. The minimum atomic E-state index is -1.52. The van der Waals surface area contributed by atoms with Crippen LogP contribution in [0.2, 0.25) is 0 Å². The van der Waals surface area contributed by atoms with Crippen molar-refractivity contribution in [3.63, 3.8) is 0 Å². The molecule has 0 aliphatic carbocycles. The lowest BCUT2D eigenvalue weighted by molar-refractivity contribution is -0.172. The van der Waals surface area contributed by atoms with E-state index >= 15 is 14.4 Å². The third kappa shape index (κ3) is 89.3. The van der Waals surface area contributed by atoms with Gasteiger partial charge >= 0.3 is 59.9 Å². The van der Waals surface area contributed by atoms with E-state index in [1.165, 1.54) is 275 Å². The maximum Gasteiger partial charge on any atom is 0.508 e. The predicted molar refractivity (Wildman–Crippen MR) is 573 cm³/mol. The zero-order valence-corrected chi connectivity index (χ0v) is 91.8. The molecule has 0 aromatic rings. The van der Waals surface area contributed by atoms with Gasteiger partial charge in [0.1, 0.15) is 37.9 Å². The van der Waals surface area contributed by atoms with Crippen LogP contribution in [0, 0.1) is 23.2 Å². The summed E-state index contributed by atoms with van der Waals surface area (Å²) in [6, 6.07) is -1.52. The van der Waals surface area contributed by atoms with Gasteiger partial charge in [-0.15, -0.1) is 0 Å². The number of carboxylic acids is 5. The second kappa shape index (κ2) is 102. The van der Waals surface area contributed by atoms with Crippen molar-refractivity contribution in [2.45, 2.75) is 574 Å². The summed E-state index contributed by atoms with van der Waals surface area (Å²) < 4.78 is 37.6. The molecule has 0 heterocycles. The fourth-order valence-corrected chi connectivity index (χ4v) is 19.5. The average Bonchev–Trinajstić information content (AvgIpc) is 0.837. The molecular formula is C117H219N3O21. The van der Waals surface area contributed by atoms with Crippen LogP contribution < -0.4 is 0 Å². The highest BCUT2D eigenvalue weighted by atomic mass is 16.7. The average molecular weight is 2000 g/mol. The second-order valence-electron chi connectivity index (χ2n) is 42.2. The van der Waals surface area contributed by atoms with E-state index in [1.54, 1.807) is 0 Å². The van der Waals surface area contributed by atoms with E-state index in [9.17, 15) is 59.1 Å². The number of esters is 4. The van der Waals surface area contributed by atoms with Gasteiger partial charge in [0.05, 0.1) is 63.6 Å². The van der Waals surface area contributed by atoms with E-state index in [0.29, 0.717) is 12.8 Å². The summed E-state index contributed by atoms with van der Waals surface area (Å²) in [5.74, 6) is -9.36. The topological polar surface area (TPSA) is 337 Å². The fraction of sp³-hybridized carbons (Fsp3) is 0.915. The summed E-state index contributed by atoms with van der Waals surface area (Å²) in [5, 5.41) is 47.7. The van der Waals surface area contributed by atoms with Crippen molar-refractivity contribution in [2.75, 3.05) is 92.0 Å². The number of hydrogen-bond acceptors (Lipinski definition) is 19. The standard InChI is InChI=1S/C117H219N3O21/c1-7-13-19-25-31-37-50-58-66-74-82-103(83-75-67-59-51-38-32-26-20-14-8-2)113(132)138-99-117(100-139-114(133)104(84-76-68-60-52-39-33-27-21-15-9-3)85-77-69-61-53-40-34-28-22-16-10-4,101-140-115(134)105(86-78-70-62-54-41-35-29-23-17-11-5)87-79-71-63-55-42-36-30-24-18-12-6)102-141-116(135)137-93-81-73-65-57-49-47-45-43-44-46-48-56-64-72-80-92-136-111(129)94-106(112(130)131)120(90-88-118(95-107(121)122)96-108(123)124)91-89-119(97-109(125)126)98-110(127)128/h103-106H,7-102H2,1-6H3,(H,121,122)(H,123,124)(H,125,126)(H,127,128)(H,130,131). The molecule has 828 valence electrons. The molecule has 0 aliphatic rings. The molecule has 0 aliphatic heterocycles. The number of unbranched alkanes of at least 4 members (excludes halogenated alkanes) is 68. The number of carboxylic acid groups (broad SMARTS) is 5. The number of rotatable bonds is 113. The molecule has 24 heteroatoms. The molecule has 0 fully saturated rings. The minimum absolute atomic E-state index is 0.0643. The van der Waals surface area contributed by atoms with Crippen LogP contribution in [-0.4, -0.2) is 198 Å². The molecule has 24 nitrogen and oxygen atoms in total. The quantitative estimate of drug-likeness (QED) is 0.0214. The van der Waals surface area contributed by atoms with Crippen LogP contribution in [0.4, 0.5) is 4.79 Å². The Kier molecular flexibility index (Phi) is 97.6. The van der Waals surface area contributed by atoms with E-state index in [1.807, 2.05) is 0 Å². The van der Waals surface area contributed by atoms with E-state index in [0.717, 1.165) is 247 Å². The highest BCUT2D eigenvalue weighted by molar-refractivity contribution is 5.81. The number of nitrogens with zero attached hydrogens (tertiary/aromatic N) is 3. The highest BCUT2D eigenvalue weighted by Gasteiger charge is 2.41. The van der Waals surface area contributed by atoms with Crippen molar-refractivity contribution in [2.24, 2.45) is 23.2 Å². The van der Waals surface area contributed by atoms with Crippen molar-refractivity contribution in [3.05, 3.63) is 0 Å². The molecule has 0 aromatic carbocycles. The summed E-state index contributed by atoms with van der Waals surface area (Å²) in [6.07, 6.45) is 89.3. The second-order valence-corrected chi connectivity index (χ2v) is 42.2. The molecular weight excluding hydrogens is 1780 g/mol. The van der Waals surface area contributed by atoms with E-state index in [-0.39, 0.29) is 101 Å². The number of carbonyl (C=O) groups is 10.